The molecule has 0 aliphatic rings. The van der Waals surface area contributed by atoms with Gasteiger partial charge in [0.25, 0.3) is 5.69 Å². The number of rotatable bonds is 5. The van der Waals surface area contributed by atoms with Crippen LogP contribution in [0.2, 0.25) is 0 Å². The molecule has 0 bridgehead atoms. The molecular weight excluding hydrogens is 327 g/mol. The highest BCUT2D eigenvalue weighted by molar-refractivity contribution is 9.10. The summed E-state index contributed by atoms with van der Waals surface area (Å²) in [4.78, 5) is 10.1. The number of hydrogen-bond acceptors (Lipinski definition) is 3. The van der Waals surface area contributed by atoms with Crippen molar-refractivity contribution >= 4 is 27.3 Å². The van der Waals surface area contributed by atoms with Gasteiger partial charge in [0.15, 0.2) is 0 Å². The maximum atomic E-state index is 13.1. The summed E-state index contributed by atoms with van der Waals surface area (Å²) in [6.45, 7) is 0.611. The van der Waals surface area contributed by atoms with Gasteiger partial charge in [0.2, 0.25) is 0 Å². The topological polar surface area (TPSA) is 55.2 Å². The molecule has 0 unspecified atom stereocenters. The second kappa shape index (κ2) is 6.47. The predicted octanol–water partition coefficient (Wildman–Crippen LogP) is 4.15. The lowest BCUT2D eigenvalue weighted by molar-refractivity contribution is -0.384. The van der Waals surface area contributed by atoms with Crippen LogP contribution in [0.25, 0.3) is 0 Å². The molecule has 0 aliphatic heterocycles. The summed E-state index contributed by atoms with van der Waals surface area (Å²) in [5, 5.41) is 13.7. The maximum Gasteiger partial charge on any atom is 0.269 e. The van der Waals surface area contributed by atoms with Crippen LogP contribution in [0.5, 0.6) is 0 Å². The van der Waals surface area contributed by atoms with Crippen molar-refractivity contribution in [3.63, 3.8) is 0 Å². The van der Waals surface area contributed by atoms with Crippen LogP contribution in [-0.2, 0) is 6.42 Å². The van der Waals surface area contributed by atoms with Crippen LogP contribution in [0.15, 0.2) is 46.9 Å². The van der Waals surface area contributed by atoms with E-state index in [9.17, 15) is 14.5 Å². The normalized spacial score (nSPS) is 10.3. The van der Waals surface area contributed by atoms with Crippen molar-refractivity contribution in [3.05, 3.63) is 68.4 Å². The van der Waals surface area contributed by atoms with Crippen molar-refractivity contribution in [2.75, 3.05) is 11.9 Å². The molecule has 2 aromatic carbocycles. The molecule has 0 amide bonds. The van der Waals surface area contributed by atoms with E-state index in [1.165, 1.54) is 24.3 Å². The van der Waals surface area contributed by atoms with Crippen LogP contribution in [0.4, 0.5) is 15.8 Å². The Bertz CT molecular complexity index is 617. The minimum absolute atomic E-state index is 0.0783. The molecular formula is C14H12BrFN2O2. The number of benzene rings is 2. The fourth-order valence-electron chi connectivity index (χ4n) is 1.76. The quantitative estimate of drug-likeness (QED) is 0.658. The molecule has 0 saturated carbocycles. The average molecular weight is 339 g/mol. The summed E-state index contributed by atoms with van der Waals surface area (Å²) in [7, 11) is 0. The van der Waals surface area contributed by atoms with E-state index < -0.39 is 4.92 Å². The first-order valence-electron chi connectivity index (χ1n) is 5.98. The molecule has 0 radical (unpaired) electrons. The molecule has 4 nitrogen and oxygen atoms in total. The molecule has 0 saturated heterocycles. The molecule has 20 heavy (non-hydrogen) atoms. The van der Waals surface area contributed by atoms with Crippen molar-refractivity contribution in [2.24, 2.45) is 0 Å². The minimum atomic E-state index is -0.425. The first kappa shape index (κ1) is 14.5. The number of halogens is 2. The number of nitro groups is 1. The van der Waals surface area contributed by atoms with Crippen molar-refractivity contribution < 1.29 is 9.31 Å². The van der Waals surface area contributed by atoms with Gasteiger partial charge >= 0.3 is 0 Å². The van der Waals surface area contributed by atoms with Gasteiger partial charge in [0, 0.05) is 23.2 Å². The van der Waals surface area contributed by atoms with Gasteiger partial charge < -0.3 is 5.32 Å². The van der Waals surface area contributed by atoms with Crippen molar-refractivity contribution in [3.8, 4) is 0 Å². The van der Waals surface area contributed by atoms with Crippen molar-refractivity contribution in [2.45, 2.75) is 6.42 Å². The zero-order valence-electron chi connectivity index (χ0n) is 10.5. The molecule has 2 aromatic rings. The minimum Gasteiger partial charge on any atom is -0.384 e. The predicted molar refractivity (Wildman–Crippen MR) is 79.4 cm³/mol. The fourth-order valence-corrected chi connectivity index (χ4v) is 2.15. The number of non-ortho nitro benzene ring substituents is 1. The van der Waals surface area contributed by atoms with Gasteiger partial charge in [-0.15, -0.1) is 0 Å². The van der Waals surface area contributed by atoms with E-state index >= 15 is 0 Å². The first-order valence-corrected chi connectivity index (χ1v) is 6.78. The zero-order chi connectivity index (χ0) is 14.5. The van der Waals surface area contributed by atoms with E-state index in [0.29, 0.717) is 18.7 Å². The Kier molecular flexibility index (Phi) is 4.68. The van der Waals surface area contributed by atoms with Crippen LogP contribution >= 0.6 is 15.9 Å². The molecule has 0 fully saturated rings. The van der Waals surface area contributed by atoms with Crippen molar-refractivity contribution in [1.82, 2.24) is 0 Å². The Morgan fingerprint density at radius 2 is 1.90 bits per heavy atom. The Labute approximate surface area is 123 Å². The summed E-state index contributed by atoms with van der Waals surface area (Å²) in [5.74, 6) is -0.300. The van der Waals surface area contributed by atoms with E-state index in [-0.39, 0.29) is 11.5 Å². The average Bonchev–Trinajstić information content (AvgIpc) is 2.43. The largest absolute Gasteiger partial charge is 0.384 e. The van der Waals surface area contributed by atoms with E-state index in [1.54, 1.807) is 18.2 Å². The standard InChI is InChI=1S/C14H12BrFN2O2/c15-13-6-3-11(16)9-14(13)17-8-7-10-1-4-12(5-2-10)18(19)20/h1-6,9,17H,7-8H2. The van der Waals surface area contributed by atoms with Gasteiger partial charge in [0.05, 0.1) is 10.6 Å². The molecule has 0 atom stereocenters. The second-order valence-electron chi connectivity index (χ2n) is 4.22. The molecule has 6 heteroatoms. The van der Waals surface area contributed by atoms with Crippen LogP contribution in [0.1, 0.15) is 5.56 Å². The molecule has 2 rings (SSSR count). The number of nitrogens with zero attached hydrogens (tertiary/aromatic N) is 1. The summed E-state index contributed by atoms with van der Waals surface area (Å²) in [6.07, 6.45) is 0.695. The number of anilines is 1. The Hall–Kier alpha value is -1.95. The molecule has 0 aromatic heterocycles. The van der Waals surface area contributed by atoms with E-state index in [1.807, 2.05) is 0 Å². The Morgan fingerprint density at radius 3 is 2.55 bits per heavy atom. The molecule has 0 heterocycles. The lowest BCUT2D eigenvalue weighted by Crippen LogP contribution is -2.05. The van der Waals surface area contributed by atoms with Gasteiger partial charge in [-0.25, -0.2) is 4.39 Å². The third-order valence-corrected chi connectivity index (χ3v) is 3.50. The van der Waals surface area contributed by atoms with Crippen LogP contribution in [0, 0.1) is 15.9 Å². The molecule has 104 valence electrons. The second-order valence-corrected chi connectivity index (χ2v) is 5.08. The highest BCUT2D eigenvalue weighted by atomic mass is 79.9. The third kappa shape index (κ3) is 3.77. The maximum absolute atomic E-state index is 13.1. The van der Waals surface area contributed by atoms with E-state index in [4.69, 9.17) is 0 Å². The first-order chi connectivity index (χ1) is 9.56. The van der Waals surface area contributed by atoms with Crippen molar-refractivity contribution in [1.29, 1.82) is 0 Å². The van der Waals surface area contributed by atoms with E-state index in [0.717, 1.165) is 10.0 Å². The Balaban J connectivity index is 1.92. The highest BCUT2D eigenvalue weighted by Crippen LogP contribution is 2.23. The van der Waals surface area contributed by atoms with Gasteiger partial charge in [0.1, 0.15) is 5.82 Å². The van der Waals surface area contributed by atoms with Crippen LogP contribution in [0.3, 0.4) is 0 Å². The lowest BCUT2D eigenvalue weighted by Gasteiger charge is -2.08. The van der Waals surface area contributed by atoms with Gasteiger partial charge in [-0.2, -0.15) is 0 Å². The van der Waals surface area contributed by atoms with E-state index in [2.05, 4.69) is 21.2 Å². The van der Waals surface area contributed by atoms with Gasteiger partial charge in [-0.05, 0) is 46.1 Å². The highest BCUT2D eigenvalue weighted by Gasteiger charge is 2.04. The third-order valence-electron chi connectivity index (χ3n) is 2.80. The molecule has 0 aliphatic carbocycles. The molecule has 1 N–H and O–H groups in total. The zero-order valence-corrected chi connectivity index (χ0v) is 12.1. The SMILES string of the molecule is O=[N+]([O-])c1ccc(CCNc2cc(F)ccc2Br)cc1. The summed E-state index contributed by atoms with van der Waals surface area (Å²) in [5.41, 5.74) is 1.75. The van der Waals surface area contributed by atoms with Gasteiger partial charge in [-0.1, -0.05) is 12.1 Å². The fraction of sp³-hybridized carbons (Fsp3) is 0.143. The smallest absolute Gasteiger partial charge is 0.269 e. The number of hydrogen-bond donors (Lipinski definition) is 1. The summed E-state index contributed by atoms with van der Waals surface area (Å²) in [6, 6.07) is 10.8. The summed E-state index contributed by atoms with van der Waals surface area (Å²) >= 11 is 3.34. The van der Waals surface area contributed by atoms with Gasteiger partial charge in [-0.3, -0.25) is 10.1 Å². The van der Waals surface area contributed by atoms with Crippen LogP contribution in [-0.4, -0.2) is 11.5 Å². The number of nitrogens with one attached hydrogen (secondary N) is 1. The summed E-state index contributed by atoms with van der Waals surface area (Å²) < 4.78 is 13.9. The lowest BCUT2D eigenvalue weighted by atomic mass is 10.1. The molecule has 0 spiro atoms. The monoisotopic (exact) mass is 338 g/mol. The Morgan fingerprint density at radius 1 is 1.20 bits per heavy atom. The number of nitro benzene ring substituents is 1. The van der Waals surface area contributed by atoms with Crippen LogP contribution < -0.4 is 5.32 Å².